The summed E-state index contributed by atoms with van der Waals surface area (Å²) in [5.41, 5.74) is 1.28. The van der Waals surface area contributed by atoms with Gasteiger partial charge in [0.1, 0.15) is 0 Å². The highest BCUT2D eigenvalue weighted by atomic mass is 16.6. The van der Waals surface area contributed by atoms with Crippen LogP contribution < -0.4 is 4.90 Å². The zero-order valence-corrected chi connectivity index (χ0v) is 11.2. The van der Waals surface area contributed by atoms with Gasteiger partial charge in [-0.25, -0.2) is 4.63 Å². The lowest BCUT2D eigenvalue weighted by atomic mass is 10.00. The Morgan fingerprint density at radius 1 is 1.29 bits per heavy atom. The van der Waals surface area contributed by atoms with E-state index in [9.17, 15) is 15.2 Å². The molecule has 0 spiro atoms. The fourth-order valence-corrected chi connectivity index (χ4v) is 3.68. The molecule has 1 N–H and O–H groups in total. The summed E-state index contributed by atoms with van der Waals surface area (Å²) >= 11 is 0. The highest BCUT2D eigenvalue weighted by Crippen LogP contribution is 2.41. The van der Waals surface area contributed by atoms with Crippen LogP contribution >= 0.6 is 0 Å². The van der Waals surface area contributed by atoms with Gasteiger partial charge in [0.25, 0.3) is 0 Å². The molecule has 2 aromatic rings. The number of aliphatic hydroxyl groups excluding tert-OH is 1. The van der Waals surface area contributed by atoms with Gasteiger partial charge in [0.2, 0.25) is 5.52 Å². The molecule has 4 rings (SSSR count). The second kappa shape index (κ2) is 4.39. The van der Waals surface area contributed by atoms with Crippen LogP contribution in [0.1, 0.15) is 12.8 Å². The Morgan fingerprint density at radius 2 is 2.10 bits per heavy atom. The molecule has 1 aromatic heterocycles. The van der Waals surface area contributed by atoms with Crippen LogP contribution in [0.25, 0.3) is 11.0 Å². The highest BCUT2D eigenvalue weighted by molar-refractivity contribution is 5.93. The number of hydrogen-bond acceptors (Lipinski definition) is 7. The molecular formula is C13H14N4O4. The lowest BCUT2D eigenvalue weighted by Gasteiger charge is -2.20. The van der Waals surface area contributed by atoms with Crippen molar-refractivity contribution in [2.24, 2.45) is 11.8 Å². The van der Waals surface area contributed by atoms with Gasteiger partial charge in [0.05, 0.1) is 16.7 Å². The van der Waals surface area contributed by atoms with Crippen LogP contribution in [0, 0.1) is 22.0 Å². The predicted octanol–water partition coefficient (Wildman–Crippen LogP) is 1.34. The second-order valence-electron chi connectivity index (χ2n) is 5.80. The molecule has 0 amide bonds. The molecule has 2 heterocycles. The number of anilines is 1. The molecule has 8 nitrogen and oxygen atoms in total. The Labute approximate surface area is 119 Å². The predicted molar refractivity (Wildman–Crippen MR) is 72.9 cm³/mol. The summed E-state index contributed by atoms with van der Waals surface area (Å²) in [6.45, 7) is 1.58. The Kier molecular flexibility index (Phi) is 2.61. The first kappa shape index (κ1) is 12.5. The molecule has 3 unspecified atom stereocenters. The first-order valence-corrected chi connectivity index (χ1v) is 6.98. The molecule has 1 aliphatic heterocycles. The Hall–Kier alpha value is -2.22. The third kappa shape index (κ3) is 1.79. The van der Waals surface area contributed by atoms with Gasteiger partial charge in [-0.15, -0.1) is 0 Å². The third-order valence-electron chi connectivity index (χ3n) is 4.73. The molecule has 2 aliphatic rings. The normalized spacial score (nSPS) is 28.2. The Balaban J connectivity index is 1.74. The monoisotopic (exact) mass is 290 g/mol. The third-order valence-corrected chi connectivity index (χ3v) is 4.73. The number of nitro benzene ring substituents is 1. The van der Waals surface area contributed by atoms with Crippen molar-refractivity contribution in [3.63, 3.8) is 0 Å². The fraction of sp³-hybridized carbons (Fsp3) is 0.538. The van der Waals surface area contributed by atoms with Crippen molar-refractivity contribution in [3.8, 4) is 0 Å². The number of rotatable bonds is 2. The summed E-state index contributed by atoms with van der Waals surface area (Å²) in [7, 11) is 0. The zero-order chi connectivity index (χ0) is 14.6. The SMILES string of the molecule is O=[N+]([O-])c1ccc(N2CC3CCC(O)C3C2)c2nonc12. The van der Waals surface area contributed by atoms with E-state index < -0.39 is 4.92 Å². The van der Waals surface area contributed by atoms with E-state index in [-0.39, 0.29) is 23.2 Å². The van der Waals surface area contributed by atoms with E-state index in [1.807, 2.05) is 0 Å². The summed E-state index contributed by atoms with van der Waals surface area (Å²) in [5, 5.41) is 28.5. The van der Waals surface area contributed by atoms with E-state index in [4.69, 9.17) is 4.63 Å². The van der Waals surface area contributed by atoms with Gasteiger partial charge in [-0.2, -0.15) is 0 Å². The molecule has 0 radical (unpaired) electrons. The molecular weight excluding hydrogens is 276 g/mol. The van der Waals surface area contributed by atoms with Gasteiger partial charge in [0.15, 0.2) is 5.52 Å². The van der Waals surface area contributed by atoms with Gasteiger partial charge >= 0.3 is 5.69 Å². The van der Waals surface area contributed by atoms with Gasteiger partial charge in [-0.05, 0) is 35.1 Å². The van der Waals surface area contributed by atoms with E-state index in [1.54, 1.807) is 6.07 Å². The van der Waals surface area contributed by atoms with Crippen molar-refractivity contribution in [3.05, 3.63) is 22.2 Å². The highest BCUT2D eigenvalue weighted by Gasteiger charge is 2.42. The van der Waals surface area contributed by atoms with Crippen LogP contribution in [0.2, 0.25) is 0 Å². The van der Waals surface area contributed by atoms with Crippen molar-refractivity contribution >= 4 is 22.4 Å². The average Bonchev–Trinajstić information content (AvgIpc) is 3.15. The minimum Gasteiger partial charge on any atom is -0.393 e. The minimum absolute atomic E-state index is 0.102. The van der Waals surface area contributed by atoms with Gasteiger partial charge < -0.3 is 10.0 Å². The van der Waals surface area contributed by atoms with Gasteiger partial charge in [-0.3, -0.25) is 10.1 Å². The van der Waals surface area contributed by atoms with Crippen LogP contribution in [-0.4, -0.2) is 39.5 Å². The van der Waals surface area contributed by atoms with Crippen LogP contribution in [0.15, 0.2) is 16.8 Å². The number of hydrogen-bond donors (Lipinski definition) is 1. The lowest BCUT2D eigenvalue weighted by molar-refractivity contribution is -0.383. The standard InChI is InChI=1S/C13H14N4O4/c18-11-4-1-7-5-16(6-8(7)11)9-2-3-10(17(19)20)13-12(9)14-21-15-13/h2-3,7-8,11,18H,1,4-6H2. The maximum atomic E-state index is 11.0. The quantitative estimate of drug-likeness (QED) is 0.657. The van der Waals surface area contributed by atoms with E-state index in [0.29, 0.717) is 11.4 Å². The average molecular weight is 290 g/mol. The fourth-order valence-electron chi connectivity index (χ4n) is 3.68. The summed E-state index contributed by atoms with van der Waals surface area (Å²) < 4.78 is 4.69. The largest absolute Gasteiger partial charge is 0.393 e. The van der Waals surface area contributed by atoms with Gasteiger partial charge in [0, 0.05) is 25.1 Å². The molecule has 0 bridgehead atoms. The van der Waals surface area contributed by atoms with Crippen molar-refractivity contribution in [1.82, 2.24) is 10.3 Å². The molecule has 1 aliphatic carbocycles. The van der Waals surface area contributed by atoms with Crippen LogP contribution in [-0.2, 0) is 0 Å². The first-order valence-electron chi connectivity index (χ1n) is 6.98. The number of aromatic nitrogens is 2. The Bertz CT molecular complexity index is 715. The van der Waals surface area contributed by atoms with E-state index in [0.717, 1.165) is 31.6 Å². The number of non-ortho nitro benzene ring substituents is 1. The van der Waals surface area contributed by atoms with Crippen molar-refractivity contribution in [1.29, 1.82) is 0 Å². The number of nitro groups is 1. The Morgan fingerprint density at radius 3 is 2.86 bits per heavy atom. The molecule has 1 saturated heterocycles. The molecule has 110 valence electrons. The van der Waals surface area contributed by atoms with Crippen molar-refractivity contribution in [2.75, 3.05) is 18.0 Å². The van der Waals surface area contributed by atoms with Crippen molar-refractivity contribution < 1.29 is 14.7 Å². The maximum Gasteiger partial charge on any atom is 0.300 e. The second-order valence-corrected chi connectivity index (χ2v) is 5.80. The summed E-state index contributed by atoms with van der Waals surface area (Å²) in [6.07, 6.45) is 1.64. The zero-order valence-electron chi connectivity index (χ0n) is 11.2. The number of fused-ring (bicyclic) bond motifs is 2. The molecule has 3 atom stereocenters. The van der Waals surface area contributed by atoms with E-state index in [2.05, 4.69) is 15.2 Å². The van der Waals surface area contributed by atoms with Crippen molar-refractivity contribution in [2.45, 2.75) is 18.9 Å². The molecule has 1 saturated carbocycles. The van der Waals surface area contributed by atoms with E-state index >= 15 is 0 Å². The minimum atomic E-state index is -0.487. The van der Waals surface area contributed by atoms with Gasteiger partial charge in [-0.1, -0.05) is 0 Å². The van der Waals surface area contributed by atoms with Crippen LogP contribution in [0.4, 0.5) is 11.4 Å². The molecule has 2 fully saturated rings. The molecule has 21 heavy (non-hydrogen) atoms. The van der Waals surface area contributed by atoms with E-state index in [1.165, 1.54) is 6.07 Å². The van der Waals surface area contributed by atoms with Crippen LogP contribution in [0.5, 0.6) is 0 Å². The summed E-state index contributed by atoms with van der Waals surface area (Å²) in [5.74, 6) is 0.750. The number of nitrogens with zero attached hydrogens (tertiary/aromatic N) is 4. The smallest absolute Gasteiger partial charge is 0.300 e. The lowest BCUT2D eigenvalue weighted by Crippen LogP contribution is -2.24. The summed E-state index contributed by atoms with van der Waals surface area (Å²) in [6, 6.07) is 3.13. The molecule has 8 heteroatoms. The first-order chi connectivity index (χ1) is 10.1. The molecule has 1 aromatic carbocycles. The maximum absolute atomic E-state index is 11.0. The topological polar surface area (TPSA) is 106 Å². The summed E-state index contributed by atoms with van der Waals surface area (Å²) in [4.78, 5) is 12.6. The number of benzene rings is 1. The number of aliphatic hydroxyl groups is 1. The van der Waals surface area contributed by atoms with Crippen LogP contribution in [0.3, 0.4) is 0 Å².